The van der Waals surface area contributed by atoms with E-state index < -0.39 is 12.2 Å². The number of hydrogen-bond acceptors (Lipinski definition) is 6. The van der Waals surface area contributed by atoms with E-state index >= 15 is 0 Å². The lowest BCUT2D eigenvalue weighted by Crippen LogP contribution is -2.53. The molecule has 1 aromatic heterocycles. The van der Waals surface area contributed by atoms with Crippen molar-refractivity contribution in [1.29, 1.82) is 0 Å². The van der Waals surface area contributed by atoms with Gasteiger partial charge in [-0.1, -0.05) is 0 Å². The molecule has 2 aliphatic carbocycles. The summed E-state index contributed by atoms with van der Waals surface area (Å²) in [6, 6.07) is 4.89. The quantitative estimate of drug-likeness (QED) is 0.569. The molecule has 4 rings (SSSR count). The number of hydrogen-bond donors (Lipinski definition) is 2. The van der Waals surface area contributed by atoms with Gasteiger partial charge in [-0.3, -0.25) is 9.78 Å². The standard InChI is InChI=1S/C24H36N4O4/c1-15-14-32-22(13-26-15)23(29)28(20-8-9-20)16(2)18-11-19(5-4-10-25-24(30)31-3)27-21(12-18)17-6-7-17/h11-12,15-17,20,22,26H,4-10,13-14H2,1-3H3,(H,25,30)/t15-,16+,22+/m0/s1. The van der Waals surface area contributed by atoms with Crippen molar-refractivity contribution >= 4 is 12.0 Å². The second kappa shape index (κ2) is 10.2. The monoisotopic (exact) mass is 444 g/mol. The summed E-state index contributed by atoms with van der Waals surface area (Å²) in [5.74, 6) is 0.625. The van der Waals surface area contributed by atoms with Crippen molar-refractivity contribution in [1.82, 2.24) is 20.5 Å². The minimum absolute atomic E-state index is 0.0228. The van der Waals surface area contributed by atoms with E-state index in [-0.39, 0.29) is 18.0 Å². The molecule has 2 amide bonds. The van der Waals surface area contributed by atoms with Crippen LogP contribution in [-0.2, 0) is 20.7 Å². The topological polar surface area (TPSA) is 92.8 Å². The normalized spacial score (nSPS) is 24.0. The molecule has 0 radical (unpaired) electrons. The van der Waals surface area contributed by atoms with Gasteiger partial charge in [0.05, 0.1) is 19.8 Å². The third kappa shape index (κ3) is 5.78. The highest BCUT2D eigenvalue weighted by Crippen LogP contribution is 2.41. The summed E-state index contributed by atoms with van der Waals surface area (Å²) in [5, 5.41) is 6.09. The van der Waals surface area contributed by atoms with Crippen LogP contribution in [0.4, 0.5) is 4.79 Å². The number of aryl methyl sites for hydroxylation is 1. The van der Waals surface area contributed by atoms with Crippen LogP contribution in [0, 0.1) is 0 Å². The van der Waals surface area contributed by atoms with Gasteiger partial charge in [0.15, 0.2) is 0 Å². The number of carbonyl (C=O) groups is 2. The Balaban J connectivity index is 1.48. The van der Waals surface area contributed by atoms with Gasteiger partial charge in [0.25, 0.3) is 5.91 Å². The van der Waals surface area contributed by atoms with Gasteiger partial charge in [-0.05, 0) is 70.1 Å². The minimum Gasteiger partial charge on any atom is -0.453 e. The van der Waals surface area contributed by atoms with E-state index in [4.69, 9.17) is 9.72 Å². The van der Waals surface area contributed by atoms with Crippen molar-refractivity contribution in [2.75, 3.05) is 26.8 Å². The molecule has 0 bridgehead atoms. The molecule has 3 aliphatic rings. The summed E-state index contributed by atoms with van der Waals surface area (Å²) in [7, 11) is 1.37. The Hall–Kier alpha value is -2.19. The lowest BCUT2D eigenvalue weighted by molar-refractivity contribution is -0.149. The summed E-state index contributed by atoms with van der Waals surface area (Å²) >= 11 is 0. The number of carbonyl (C=O) groups excluding carboxylic acids is 2. The van der Waals surface area contributed by atoms with E-state index in [1.807, 2.05) is 0 Å². The first-order valence-electron chi connectivity index (χ1n) is 12.0. The van der Waals surface area contributed by atoms with Gasteiger partial charge in [-0.15, -0.1) is 0 Å². The highest BCUT2D eigenvalue weighted by molar-refractivity contribution is 5.82. The van der Waals surface area contributed by atoms with Crippen molar-refractivity contribution in [2.24, 2.45) is 0 Å². The maximum atomic E-state index is 13.4. The SMILES string of the molecule is COC(=O)NCCCc1cc([C@@H](C)N(C(=O)[C@H]2CN[C@@H](C)CO2)C2CC2)cc(C2CC2)n1. The van der Waals surface area contributed by atoms with Crippen LogP contribution < -0.4 is 10.6 Å². The van der Waals surface area contributed by atoms with Crippen LogP contribution >= 0.6 is 0 Å². The van der Waals surface area contributed by atoms with Crippen LogP contribution in [-0.4, -0.2) is 66.9 Å². The molecule has 1 saturated heterocycles. The number of methoxy groups -OCH3 is 1. The van der Waals surface area contributed by atoms with Crippen molar-refractivity contribution in [3.05, 3.63) is 29.1 Å². The fourth-order valence-corrected chi connectivity index (χ4v) is 4.34. The van der Waals surface area contributed by atoms with Crippen LogP contribution in [0.15, 0.2) is 12.1 Å². The number of pyridine rings is 1. The minimum atomic E-state index is -0.414. The van der Waals surface area contributed by atoms with Gasteiger partial charge in [-0.25, -0.2) is 4.79 Å². The molecule has 2 N–H and O–H groups in total. The molecule has 3 atom stereocenters. The van der Waals surface area contributed by atoms with Gasteiger partial charge in [0, 0.05) is 42.5 Å². The molecule has 1 aliphatic heterocycles. The molecule has 8 heteroatoms. The van der Waals surface area contributed by atoms with Gasteiger partial charge >= 0.3 is 6.09 Å². The Morgan fingerprint density at radius 3 is 2.72 bits per heavy atom. The molecular formula is C24H36N4O4. The van der Waals surface area contributed by atoms with Gasteiger partial charge in [-0.2, -0.15) is 0 Å². The van der Waals surface area contributed by atoms with Crippen molar-refractivity contribution in [3.63, 3.8) is 0 Å². The molecule has 1 aromatic rings. The van der Waals surface area contributed by atoms with E-state index in [0.717, 1.165) is 42.6 Å². The van der Waals surface area contributed by atoms with Gasteiger partial charge in [0.1, 0.15) is 6.10 Å². The number of ether oxygens (including phenoxy) is 2. The van der Waals surface area contributed by atoms with Crippen LogP contribution in [0.1, 0.15) is 74.9 Å². The number of nitrogens with one attached hydrogen (secondary N) is 2. The summed E-state index contributed by atoms with van der Waals surface area (Å²) in [6.07, 6.45) is 5.20. The average molecular weight is 445 g/mol. The summed E-state index contributed by atoms with van der Waals surface area (Å²) in [4.78, 5) is 31.6. The maximum absolute atomic E-state index is 13.4. The van der Waals surface area contributed by atoms with Gasteiger partial charge in [0.2, 0.25) is 0 Å². The second-order valence-electron chi connectivity index (χ2n) is 9.40. The fourth-order valence-electron chi connectivity index (χ4n) is 4.34. The maximum Gasteiger partial charge on any atom is 0.406 e. The largest absolute Gasteiger partial charge is 0.453 e. The van der Waals surface area contributed by atoms with E-state index in [2.05, 4.69) is 46.3 Å². The molecule has 176 valence electrons. The highest BCUT2D eigenvalue weighted by Gasteiger charge is 2.40. The van der Waals surface area contributed by atoms with Crippen LogP contribution in [0.2, 0.25) is 0 Å². The van der Waals surface area contributed by atoms with Crippen molar-refractivity contribution < 1.29 is 19.1 Å². The summed E-state index contributed by atoms with van der Waals surface area (Å²) in [6.45, 7) is 5.88. The molecule has 0 aromatic carbocycles. The first-order chi connectivity index (χ1) is 15.5. The van der Waals surface area contributed by atoms with E-state index in [9.17, 15) is 9.59 Å². The number of rotatable bonds is 9. The smallest absolute Gasteiger partial charge is 0.406 e. The number of aromatic nitrogens is 1. The van der Waals surface area contributed by atoms with Crippen LogP contribution in [0.5, 0.6) is 0 Å². The number of amides is 2. The molecule has 32 heavy (non-hydrogen) atoms. The molecule has 3 fully saturated rings. The molecule has 0 unspecified atom stereocenters. The molecule has 8 nitrogen and oxygen atoms in total. The fraction of sp³-hybridized carbons (Fsp3) is 0.708. The first-order valence-corrected chi connectivity index (χ1v) is 12.0. The van der Waals surface area contributed by atoms with E-state index in [0.29, 0.717) is 31.7 Å². The molecular weight excluding hydrogens is 408 g/mol. The Labute approximate surface area is 190 Å². The Morgan fingerprint density at radius 2 is 2.09 bits per heavy atom. The third-order valence-electron chi connectivity index (χ3n) is 6.55. The zero-order chi connectivity index (χ0) is 22.7. The third-order valence-corrected chi connectivity index (χ3v) is 6.55. The molecule has 0 spiro atoms. The summed E-state index contributed by atoms with van der Waals surface area (Å²) in [5.41, 5.74) is 3.31. The predicted molar refractivity (Wildman–Crippen MR) is 120 cm³/mol. The van der Waals surface area contributed by atoms with Crippen molar-refractivity contribution in [3.8, 4) is 0 Å². The van der Waals surface area contributed by atoms with Crippen LogP contribution in [0.3, 0.4) is 0 Å². The zero-order valence-corrected chi connectivity index (χ0v) is 19.4. The highest BCUT2D eigenvalue weighted by atomic mass is 16.5. The van der Waals surface area contributed by atoms with Gasteiger partial charge < -0.3 is 25.0 Å². The van der Waals surface area contributed by atoms with Crippen LogP contribution in [0.25, 0.3) is 0 Å². The number of alkyl carbamates (subject to hydrolysis) is 1. The lowest BCUT2D eigenvalue weighted by atomic mass is 10.0. The van der Waals surface area contributed by atoms with E-state index in [1.165, 1.54) is 20.0 Å². The summed E-state index contributed by atoms with van der Waals surface area (Å²) < 4.78 is 10.5. The predicted octanol–water partition coefficient (Wildman–Crippen LogP) is 2.68. The lowest BCUT2D eigenvalue weighted by Gasteiger charge is -2.35. The zero-order valence-electron chi connectivity index (χ0n) is 19.4. The average Bonchev–Trinajstić information content (AvgIpc) is 3.70. The Morgan fingerprint density at radius 1 is 1.31 bits per heavy atom. The van der Waals surface area contributed by atoms with E-state index in [1.54, 1.807) is 0 Å². The number of morpholine rings is 1. The Bertz CT molecular complexity index is 816. The van der Waals surface area contributed by atoms with Crippen molar-refractivity contribution in [2.45, 2.75) is 82.5 Å². The molecule has 2 saturated carbocycles. The number of nitrogens with zero attached hydrogens (tertiary/aromatic N) is 2. The first kappa shape index (κ1) is 23.0. The Kier molecular flexibility index (Phi) is 7.30. The second-order valence-corrected chi connectivity index (χ2v) is 9.40. The molecule has 2 heterocycles.